The van der Waals surface area contributed by atoms with Crippen LogP contribution < -0.4 is 5.73 Å². The molecule has 0 amide bonds. The van der Waals surface area contributed by atoms with Gasteiger partial charge < -0.3 is 5.73 Å². The number of nitrogens with zero attached hydrogens (tertiary/aromatic N) is 1. The zero-order valence-corrected chi connectivity index (χ0v) is 12.6. The summed E-state index contributed by atoms with van der Waals surface area (Å²) in [6, 6.07) is 19.7. The maximum atomic E-state index is 5.88. The molecule has 2 aromatic carbocycles. The van der Waals surface area contributed by atoms with Crippen LogP contribution in [-0.2, 0) is 6.54 Å². The van der Waals surface area contributed by atoms with Gasteiger partial charge in [-0.2, -0.15) is 0 Å². The number of hydrogen-bond donors (Lipinski definition) is 1. The summed E-state index contributed by atoms with van der Waals surface area (Å²) >= 11 is 0. The molecule has 2 rings (SSSR count). The van der Waals surface area contributed by atoms with Gasteiger partial charge in [-0.1, -0.05) is 42.5 Å². The Balaban J connectivity index is 2.19. The molecule has 2 N–H and O–H groups in total. The molecule has 2 nitrogen and oxygen atoms in total. The zero-order chi connectivity index (χ0) is 14.5. The third kappa shape index (κ3) is 3.61. The summed E-state index contributed by atoms with van der Waals surface area (Å²) in [5, 5.41) is 0. The van der Waals surface area contributed by atoms with E-state index >= 15 is 0 Å². The molecule has 2 heteroatoms. The van der Waals surface area contributed by atoms with Gasteiger partial charge in [-0.25, -0.2) is 0 Å². The highest BCUT2D eigenvalue weighted by Crippen LogP contribution is 2.24. The minimum atomic E-state index is 0.387. The highest BCUT2D eigenvalue weighted by atomic mass is 15.2. The van der Waals surface area contributed by atoms with E-state index in [1.165, 1.54) is 11.1 Å². The minimum absolute atomic E-state index is 0.387. The van der Waals surface area contributed by atoms with Gasteiger partial charge in [0.1, 0.15) is 0 Å². The zero-order valence-electron chi connectivity index (χ0n) is 12.6. The Bertz CT molecular complexity index is 534. The number of anilines is 1. The Morgan fingerprint density at radius 1 is 0.950 bits per heavy atom. The van der Waals surface area contributed by atoms with Crippen molar-refractivity contribution in [3.05, 3.63) is 65.7 Å². The summed E-state index contributed by atoms with van der Waals surface area (Å²) in [5.41, 5.74) is 9.33. The van der Waals surface area contributed by atoms with Crippen molar-refractivity contribution >= 4 is 5.69 Å². The summed E-state index contributed by atoms with van der Waals surface area (Å²) in [5.74, 6) is 0. The van der Waals surface area contributed by atoms with Crippen molar-refractivity contribution in [1.82, 2.24) is 4.90 Å². The first-order valence-electron chi connectivity index (χ1n) is 7.23. The molecule has 0 aromatic heterocycles. The second-order valence-electron chi connectivity index (χ2n) is 5.60. The largest absolute Gasteiger partial charge is 0.399 e. The molecule has 0 radical (unpaired) electrons. The van der Waals surface area contributed by atoms with Crippen molar-refractivity contribution in [2.75, 3.05) is 5.73 Å². The van der Waals surface area contributed by atoms with E-state index in [1.54, 1.807) is 0 Å². The average molecular weight is 268 g/mol. The Kier molecular flexibility index (Phi) is 4.80. The van der Waals surface area contributed by atoms with E-state index in [1.807, 2.05) is 12.1 Å². The van der Waals surface area contributed by atoms with Gasteiger partial charge in [0.05, 0.1) is 0 Å². The highest BCUT2D eigenvalue weighted by molar-refractivity contribution is 5.40. The van der Waals surface area contributed by atoms with Crippen molar-refractivity contribution in [2.24, 2.45) is 0 Å². The molecule has 1 atom stereocenters. The van der Waals surface area contributed by atoms with Crippen LogP contribution in [0.2, 0.25) is 0 Å². The topological polar surface area (TPSA) is 29.3 Å². The van der Waals surface area contributed by atoms with E-state index in [2.05, 4.69) is 68.1 Å². The van der Waals surface area contributed by atoms with Crippen LogP contribution >= 0.6 is 0 Å². The fraction of sp³-hybridized carbons (Fsp3) is 0.333. The van der Waals surface area contributed by atoms with Crippen molar-refractivity contribution in [1.29, 1.82) is 0 Å². The van der Waals surface area contributed by atoms with Gasteiger partial charge in [-0.05, 0) is 44.0 Å². The first-order chi connectivity index (χ1) is 9.58. The molecule has 0 saturated carbocycles. The van der Waals surface area contributed by atoms with Crippen LogP contribution in [0.25, 0.3) is 0 Å². The molecule has 0 aliphatic carbocycles. The van der Waals surface area contributed by atoms with Gasteiger partial charge in [-0.3, -0.25) is 4.90 Å². The van der Waals surface area contributed by atoms with Gasteiger partial charge >= 0.3 is 0 Å². The van der Waals surface area contributed by atoms with Crippen LogP contribution in [0, 0.1) is 0 Å². The van der Waals surface area contributed by atoms with Crippen molar-refractivity contribution in [3.63, 3.8) is 0 Å². The van der Waals surface area contributed by atoms with E-state index < -0.39 is 0 Å². The quantitative estimate of drug-likeness (QED) is 0.822. The number of hydrogen-bond acceptors (Lipinski definition) is 2. The Morgan fingerprint density at radius 2 is 1.65 bits per heavy atom. The maximum absolute atomic E-state index is 5.88. The highest BCUT2D eigenvalue weighted by Gasteiger charge is 2.18. The predicted octanol–water partition coefficient (Wildman–Crippen LogP) is 4.24. The van der Waals surface area contributed by atoms with Crippen molar-refractivity contribution in [2.45, 2.75) is 39.4 Å². The van der Waals surface area contributed by atoms with Gasteiger partial charge in [0.15, 0.2) is 0 Å². The lowest BCUT2D eigenvalue weighted by atomic mass is 10.0. The predicted molar refractivity (Wildman–Crippen MR) is 86.4 cm³/mol. The molecular formula is C18H24N2. The number of rotatable bonds is 5. The van der Waals surface area contributed by atoms with Crippen LogP contribution in [0.15, 0.2) is 54.6 Å². The van der Waals surface area contributed by atoms with Crippen LogP contribution in [0.1, 0.15) is 37.9 Å². The standard InChI is InChI=1S/C18H24N2/c1-14(2)20(13-16-8-7-11-18(19)12-16)15(3)17-9-5-4-6-10-17/h4-12,14-15H,13,19H2,1-3H3. The van der Waals surface area contributed by atoms with Crippen LogP contribution in [0.4, 0.5) is 5.69 Å². The minimum Gasteiger partial charge on any atom is -0.399 e. The molecule has 0 aliphatic heterocycles. The summed E-state index contributed by atoms with van der Waals surface area (Å²) in [6.45, 7) is 7.66. The van der Waals surface area contributed by atoms with Gasteiger partial charge in [0, 0.05) is 24.3 Å². The smallest absolute Gasteiger partial charge is 0.0326 e. The number of benzene rings is 2. The lowest BCUT2D eigenvalue weighted by molar-refractivity contribution is 0.155. The SMILES string of the molecule is CC(C)N(Cc1cccc(N)c1)C(C)c1ccccc1. The van der Waals surface area contributed by atoms with E-state index in [0.717, 1.165) is 12.2 Å². The van der Waals surface area contributed by atoms with E-state index in [9.17, 15) is 0 Å². The van der Waals surface area contributed by atoms with Gasteiger partial charge in [0.2, 0.25) is 0 Å². The molecular weight excluding hydrogens is 244 g/mol. The molecule has 2 aromatic rings. The van der Waals surface area contributed by atoms with Crippen LogP contribution in [0.5, 0.6) is 0 Å². The monoisotopic (exact) mass is 268 g/mol. The Labute approximate surface area is 122 Å². The third-order valence-electron chi connectivity index (χ3n) is 3.76. The molecule has 20 heavy (non-hydrogen) atoms. The lowest BCUT2D eigenvalue weighted by Crippen LogP contribution is -2.33. The number of nitrogen functional groups attached to an aromatic ring is 1. The molecule has 0 fully saturated rings. The third-order valence-corrected chi connectivity index (χ3v) is 3.76. The molecule has 1 unspecified atom stereocenters. The van der Waals surface area contributed by atoms with E-state index in [-0.39, 0.29) is 0 Å². The van der Waals surface area contributed by atoms with Crippen LogP contribution in [-0.4, -0.2) is 10.9 Å². The molecule has 0 aliphatic rings. The maximum Gasteiger partial charge on any atom is 0.0326 e. The fourth-order valence-electron chi connectivity index (χ4n) is 2.59. The van der Waals surface area contributed by atoms with Crippen molar-refractivity contribution < 1.29 is 0 Å². The van der Waals surface area contributed by atoms with E-state index in [0.29, 0.717) is 12.1 Å². The average Bonchev–Trinajstić information content (AvgIpc) is 2.45. The molecule has 0 heterocycles. The first kappa shape index (κ1) is 14.6. The molecule has 0 spiro atoms. The lowest BCUT2D eigenvalue weighted by Gasteiger charge is -2.33. The van der Waals surface area contributed by atoms with E-state index in [4.69, 9.17) is 5.73 Å². The summed E-state index contributed by atoms with van der Waals surface area (Å²) < 4.78 is 0. The fourth-order valence-corrected chi connectivity index (χ4v) is 2.59. The summed E-state index contributed by atoms with van der Waals surface area (Å²) in [7, 11) is 0. The molecule has 106 valence electrons. The summed E-state index contributed by atoms with van der Waals surface area (Å²) in [4.78, 5) is 2.49. The second-order valence-corrected chi connectivity index (χ2v) is 5.60. The first-order valence-corrected chi connectivity index (χ1v) is 7.23. The van der Waals surface area contributed by atoms with Gasteiger partial charge in [-0.15, -0.1) is 0 Å². The Hall–Kier alpha value is -1.80. The second kappa shape index (κ2) is 6.58. The van der Waals surface area contributed by atoms with Crippen molar-refractivity contribution in [3.8, 4) is 0 Å². The molecule has 0 saturated heterocycles. The normalized spacial score (nSPS) is 12.8. The summed E-state index contributed by atoms with van der Waals surface area (Å²) in [6.07, 6.45) is 0. The van der Waals surface area contributed by atoms with Crippen LogP contribution in [0.3, 0.4) is 0 Å². The number of nitrogens with two attached hydrogens (primary N) is 1. The van der Waals surface area contributed by atoms with Gasteiger partial charge in [0.25, 0.3) is 0 Å². The molecule has 0 bridgehead atoms. The Morgan fingerprint density at radius 3 is 2.25 bits per heavy atom.